The van der Waals surface area contributed by atoms with E-state index in [1.54, 1.807) is 37.5 Å². The molecule has 0 fully saturated rings. The quantitative estimate of drug-likeness (QED) is 0.680. The zero-order chi connectivity index (χ0) is 16.7. The second-order valence-electron chi connectivity index (χ2n) is 4.67. The minimum atomic E-state index is -0.451. The van der Waals surface area contributed by atoms with Crippen LogP contribution in [0.25, 0.3) is 6.08 Å². The van der Waals surface area contributed by atoms with Crippen LogP contribution in [0.4, 0.5) is 5.69 Å². The summed E-state index contributed by atoms with van der Waals surface area (Å²) in [6.07, 6.45) is 3.10. The Labute approximate surface area is 134 Å². The highest BCUT2D eigenvalue weighted by Gasteiger charge is 2.06. The molecular formula is C18H17NO4. The van der Waals surface area contributed by atoms with Crippen LogP contribution < -0.4 is 10.1 Å². The van der Waals surface area contributed by atoms with E-state index in [0.717, 1.165) is 11.3 Å². The van der Waals surface area contributed by atoms with Crippen molar-refractivity contribution in [2.24, 2.45) is 0 Å². The Balaban J connectivity index is 2.04. The van der Waals surface area contributed by atoms with Gasteiger partial charge in [-0.1, -0.05) is 18.2 Å². The van der Waals surface area contributed by atoms with E-state index in [2.05, 4.69) is 10.1 Å². The van der Waals surface area contributed by atoms with E-state index in [1.807, 2.05) is 24.3 Å². The van der Waals surface area contributed by atoms with Gasteiger partial charge in [0, 0.05) is 11.8 Å². The molecule has 0 aliphatic carbocycles. The first-order valence-corrected chi connectivity index (χ1v) is 6.94. The lowest BCUT2D eigenvalue weighted by Gasteiger charge is -2.04. The molecule has 0 saturated heterocycles. The minimum Gasteiger partial charge on any atom is -0.497 e. The number of rotatable bonds is 5. The highest BCUT2D eigenvalue weighted by molar-refractivity contribution is 6.02. The minimum absolute atomic E-state index is 0.296. The summed E-state index contributed by atoms with van der Waals surface area (Å²) in [6.45, 7) is 0. The molecule has 2 aromatic carbocycles. The van der Waals surface area contributed by atoms with Crippen LogP contribution >= 0.6 is 0 Å². The number of benzene rings is 2. The summed E-state index contributed by atoms with van der Waals surface area (Å²) in [5, 5.41) is 2.70. The van der Waals surface area contributed by atoms with Crippen molar-refractivity contribution in [3.63, 3.8) is 0 Å². The molecular weight excluding hydrogens is 294 g/mol. The van der Waals surface area contributed by atoms with Gasteiger partial charge >= 0.3 is 5.97 Å². The van der Waals surface area contributed by atoms with Gasteiger partial charge in [-0.2, -0.15) is 0 Å². The number of hydrogen-bond acceptors (Lipinski definition) is 4. The fourth-order valence-electron chi connectivity index (χ4n) is 1.94. The topological polar surface area (TPSA) is 64.6 Å². The van der Waals surface area contributed by atoms with E-state index in [4.69, 9.17) is 4.74 Å². The zero-order valence-electron chi connectivity index (χ0n) is 12.9. The van der Waals surface area contributed by atoms with E-state index >= 15 is 0 Å². The van der Waals surface area contributed by atoms with Gasteiger partial charge in [0.1, 0.15) is 5.75 Å². The van der Waals surface area contributed by atoms with E-state index in [0.29, 0.717) is 11.3 Å². The molecule has 0 unspecified atom stereocenters. The van der Waals surface area contributed by atoms with Crippen LogP contribution in [0.2, 0.25) is 0 Å². The lowest BCUT2D eigenvalue weighted by Crippen LogP contribution is -2.09. The Kier molecular flexibility index (Phi) is 5.52. The SMILES string of the molecule is COC(=O)c1cccc(NC(=O)/C=C/c2cccc(OC)c2)c1. The maximum Gasteiger partial charge on any atom is 0.337 e. The third-order valence-electron chi connectivity index (χ3n) is 3.07. The number of nitrogens with one attached hydrogen (secondary N) is 1. The molecule has 0 bridgehead atoms. The second kappa shape index (κ2) is 7.79. The molecule has 0 spiro atoms. The Morgan fingerprint density at radius 1 is 1.04 bits per heavy atom. The molecule has 118 valence electrons. The van der Waals surface area contributed by atoms with Crippen LogP contribution in [-0.2, 0) is 9.53 Å². The first-order valence-electron chi connectivity index (χ1n) is 6.94. The molecule has 2 rings (SSSR count). The van der Waals surface area contributed by atoms with Gasteiger partial charge in [0.15, 0.2) is 0 Å². The van der Waals surface area contributed by atoms with Crippen molar-refractivity contribution in [3.05, 3.63) is 65.7 Å². The van der Waals surface area contributed by atoms with E-state index < -0.39 is 5.97 Å². The molecule has 5 nitrogen and oxygen atoms in total. The number of esters is 1. The van der Waals surface area contributed by atoms with Gasteiger partial charge in [0.25, 0.3) is 0 Å². The molecule has 0 saturated carbocycles. The standard InChI is InChI=1S/C18H17NO4/c1-22-16-8-3-5-13(11-16)9-10-17(20)19-15-7-4-6-14(12-15)18(21)23-2/h3-12H,1-2H3,(H,19,20)/b10-9+. The van der Waals surface area contributed by atoms with Crippen molar-refractivity contribution in [2.45, 2.75) is 0 Å². The fraction of sp³-hybridized carbons (Fsp3) is 0.111. The van der Waals surface area contributed by atoms with Crippen molar-refractivity contribution in [2.75, 3.05) is 19.5 Å². The van der Waals surface area contributed by atoms with Crippen molar-refractivity contribution in [3.8, 4) is 5.75 Å². The number of anilines is 1. The average molecular weight is 311 g/mol. The van der Waals surface area contributed by atoms with Crippen molar-refractivity contribution < 1.29 is 19.1 Å². The molecule has 0 radical (unpaired) electrons. The molecule has 5 heteroatoms. The maximum atomic E-state index is 11.9. The molecule has 1 amide bonds. The van der Waals surface area contributed by atoms with Crippen LogP contribution in [0.3, 0.4) is 0 Å². The number of carbonyl (C=O) groups excluding carboxylic acids is 2. The first-order chi connectivity index (χ1) is 11.1. The van der Waals surface area contributed by atoms with E-state index in [9.17, 15) is 9.59 Å². The van der Waals surface area contributed by atoms with Gasteiger partial charge in [-0.25, -0.2) is 4.79 Å². The highest BCUT2D eigenvalue weighted by atomic mass is 16.5. The zero-order valence-corrected chi connectivity index (χ0v) is 12.9. The summed E-state index contributed by atoms with van der Waals surface area (Å²) < 4.78 is 9.77. The summed E-state index contributed by atoms with van der Waals surface area (Å²) in [7, 11) is 2.90. The first kappa shape index (κ1) is 16.3. The summed E-state index contributed by atoms with van der Waals surface area (Å²) in [5.41, 5.74) is 1.75. The van der Waals surface area contributed by atoms with Crippen LogP contribution in [0.1, 0.15) is 15.9 Å². The molecule has 0 atom stereocenters. The third-order valence-corrected chi connectivity index (χ3v) is 3.07. The van der Waals surface area contributed by atoms with Crippen LogP contribution in [0.5, 0.6) is 5.75 Å². The summed E-state index contributed by atoms with van der Waals surface area (Å²) >= 11 is 0. The predicted octanol–water partition coefficient (Wildman–Crippen LogP) is 3.13. The van der Waals surface area contributed by atoms with Crippen LogP contribution in [-0.4, -0.2) is 26.1 Å². The van der Waals surface area contributed by atoms with Crippen LogP contribution in [0.15, 0.2) is 54.6 Å². The summed E-state index contributed by atoms with van der Waals surface area (Å²) in [4.78, 5) is 23.4. The molecule has 23 heavy (non-hydrogen) atoms. The number of methoxy groups -OCH3 is 2. The number of amides is 1. The predicted molar refractivity (Wildman–Crippen MR) is 88.4 cm³/mol. The van der Waals surface area contributed by atoms with Gasteiger partial charge in [0.05, 0.1) is 19.8 Å². The largest absolute Gasteiger partial charge is 0.497 e. The molecule has 0 heterocycles. The Bertz CT molecular complexity index is 737. The molecule has 1 N–H and O–H groups in total. The number of carbonyl (C=O) groups is 2. The average Bonchev–Trinajstić information content (AvgIpc) is 2.59. The van der Waals surface area contributed by atoms with Gasteiger partial charge in [-0.15, -0.1) is 0 Å². The molecule has 0 aliphatic heterocycles. The van der Waals surface area contributed by atoms with Crippen molar-refractivity contribution in [1.29, 1.82) is 0 Å². The van der Waals surface area contributed by atoms with Crippen LogP contribution in [0, 0.1) is 0 Å². The second-order valence-corrected chi connectivity index (χ2v) is 4.67. The van der Waals surface area contributed by atoms with Gasteiger partial charge in [-0.05, 0) is 42.0 Å². The third kappa shape index (κ3) is 4.71. The maximum absolute atomic E-state index is 11.9. The molecule has 0 aliphatic rings. The Morgan fingerprint density at radius 3 is 2.57 bits per heavy atom. The monoisotopic (exact) mass is 311 g/mol. The number of ether oxygens (including phenoxy) is 2. The van der Waals surface area contributed by atoms with Gasteiger partial charge < -0.3 is 14.8 Å². The van der Waals surface area contributed by atoms with Crippen molar-refractivity contribution in [1.82, 2.24) is 0 Å². The van der Waals surface area contributed by atoms with E-state index in [-0.39, 0.29) is 5.91 Å². The smallest absolute Gasteiger partial charge is 0.337 e. The fourth-order valence-corrected chi connectivity index (χ4v) is 1.94. The lowest BCUT2D eigenvalue weighted by atomic mass is 10.2. The molecule has 2 aromatic rings. The van der Waals surface area contributed by atoms with E-state index in [1.165, 1.54) is 13.2 Å². The summed E-state index contributed by atoms with van der Waals surface area (Å²) in [6, 6.07) is 13.9. The Hall–Kier alpha value is -3.08. The Morgan fingerprint density at radius 2 is 1.83 bits per heavy atom. The number of hydrogen-bond donors (Lipinski definition) is 1. The lowest BCUT2D eigenvalue weighted by molar-refractivity contribution is -0.111. The van der Waals surface area contributed by atoms with Gasteiger partial charge in [-0.3, -0.25) is 4.79 Å². The normalized spacial score (nSPS) is 10.3. The molecule has 0 aromatic heterocycles. The van der Waals surface area contributed by atoms with Crippen molar-refractivity contribution >= 4 is 23.6 Å². The summed E-state index contributed by atoms with van der Waals surface area (Å²) in [5.74, 6) is -0.0267. The highest BCUT2D eigenvalue weighted by Crippen LogP contribution is 2.14. The van der Waals surface area contributed by atoms with Gasteiger partial charge in [0.2, 0.25) is 5.91 Å².